The summed E-state index contributed by atoms with van der Waals surface area (Å²) in [5, 5.41) is 4.41. The molecule has 1 heterocycles. The third-order valence-corrected chi connectivity index (χ3v) is 5.84. The van der Waals surface area contributed by atoms with Crippen LogP contribution in [0.4, 0.5) is 0 Å². The van der Waals surface area contributed by atoms with Crippen LogP contribution in [0, 0.1) is 0 Å². The van der Waals surface area contributed by atoms with Crippen LogP contribution >= 0.6 is 12.2 Å². The summed E-state index contributed by atoms with van der Waals surface area (Å²) in [7, 11) is 3.30. The van der Waals surface area contributed by atoms with Gasteiger partial charge in [-0.05, 0) is 54.9 Å². The third kappa shape index (κ3) is 6.39. The maximum atomic E-state index is 5.83. The quantitative estimate of drug-likeness (QED) is 0.619. The molecule has 2 aromatic rings. The highest BCUT2D eigenvalue weighted by Crippen LogP contribution is 2.28. The zero-order valence-corrected chi connectivity index (χ0v) is 18.3. The second-order valence-electron chi connectivity index (χ2n) is 7.62. The number of nitrogens with one attached hydrogen (secondary N) is 1. The number of rotatable bonds is 7. The monoisotopic (exact) mass is 416 g/mol. The van der Waals surface area contributed by atoms with Crippen molar-refractivity contribution < 1.29 is 13.9 Å². The summed E-state index contributed by atoms with van der Waals surface area (Å²) in [5.41, 5.74) is 1.11. The summed E-state index contributed by atoms with van der Waals surface area (Å²) >= 11 is 5.83. The number of benzene rings is 1. The number of hydrogen-bond donors (Lipinski definition) is 1. The number of nitrogens with zero attached hydrogens (tertiary/aromatic N) is 1. The molecule has 1 saturated carbocycles. The first-order valence-electron chi connectivity index (χ1n) is 10.5. The second kappa shape index (κ2) is 11.1. The summed E-state index contributed by atoms with van der Waals surface area (Å²) in [6.07, 6.45) is 10.6. The Labute approximate surface area is 179 Å². The van der Waals surface area contributed by atoms with Crippen LogP contribution in [0.5, 0.6) is 11.5 Å². The van der Waals surface area contributed by atoms with Gasteiger partial charge >= 0.3 is 0 Å². The second-order valence-corrected chi connectivity index (χ2v) is 8.00. The fraction of sp³-hybridized carbons (Fsp3) is 0.522. The zero-order valence-electron chi connectivity index (χ0n) is 17.5. The Hall–Kier alpha value is -2.21. The van der Waals surface area contributed by atoms with Crippen LogP contribution in [-0.2, 0) is 13.1 Å². The normalized spacial score (nSPS) is 15.2. The molecule has 0 radical (unpaired) electrons. The van der Waals surface area contributed by atoms with Gasteiger partial charge in [-0.25, -0.2) is 0 Å². The molecule has 0 saturated heterocycles. The van der Waals surface area contributed by atoms with Gasteiger partial charge < -0.3 is 24.1 Å². The number of furan rings is 1. The van der Waals surface area contributed by atoms with Crippen molar-refractivity contribution in [3.63, 3.8) is 0 Å². The van der Waals surface area contributed by atoms with Gasteiger partial charge in [0.25, 0.3) is 0 Å². The van der Waals surface area contributed by atoms with E-state index in [1.165, 1.54) is 44.9 Å². The highest BCUT2D eigenvalue weighted by molar-refractivity contribution is 7.80. The van der Waals surface area contributed by atoms with Crippen LogP contribution in [0.25, 0.3) is 0 Å². The lowest BCUT2D eigenvalue weighted by Gasteiger charge is -2.30. The Kier molecular flexibility index (Phi) is 8.23. The molecule has 0 amide bonds. The van der Waals surface area contributed by atoms with Crippen LogP contribution in [0.2, 0.25) is 0 Å². The Bertz CT molecular complexity index is 755. The molecule has 1 aliphatic rings. The molecular weight excluding hydrogens is 384 g/mol. The summed E-state index contributed by atoms with van der Waals surface area (Å²) in [5.74, 6) is 2.35. The van der Waals surface area contributed by atoms with Crippen LogP contribution in [0.1, 0.15) is 56.3 Å². The molecule has 0 spiro atoms. The standard InChI is InChI=1S/C23H32N2O3S/c1-26-21-13-12-18(15-22(21)27-2)16-25(17-20-11-8-14-28-20)23(29)24-19-9-6-4-3-5-7-10-19/h8,11-15,19H,3-7,9-10,16-17H2,1-2H3,(H,24,29). The molecule has 0 unspecified atom stereocenters. The Balaban J connectivity index is 1.72. The molecule has 0 bridgehead atoms. The lowest BCUT2D eigenvalue weighted by Crippen LogP contribution is -2.44. The van der Waals surface area contributed by atoms with Crippen molar-refractivity contribution in [3.05, 3.63) is 47.9 Å². The van der Waals surface area contributed by atoms with E-state index in [1.807, 2.05) is 24.3 Å². The minimum absolute atomic E-state index is 0.451. The third-order valence-electron chi connectivity index (χ3n) is 5.47. The SMILES string of the molecule is COc1ccc(CN(Cc2ccco2)C(=S)NC2CCCCCCC2)cc1OC. The van der Waals surface area contributed by atoms with Gasteiger partial charge in [0.1, 0.15) is 5.76 Å². The molecule has 6 heteroatoms. The van der Waals surface area contributed by atoms with Crippen molar-refractivity contribution in [2.24, 2.45) is 0 Å². The summed E-state index contributed by atoms with van der Waals surface area (Å²) < 4.78 is 16.4. The van der Waals surface area contributed by atoms with E-state index in [2.05, 4.69) is 16.3 Å². The van der Waals surface area contributed by atoms with Crippen LogP contribution in [0.3, 0.4) is 0 Å². The molecule has 29 heavy (non-hydrogen) atoms. The number of hydrogen-bond acceptors (Lipinski definition) is 4. The van der Waals surface area contributed by atoms with E-state index < -0.39 is 0 Å². The van der Waals surface area contributed by atoms with E-state index in [9.17, 15) is 0 Å². The van der Waals surface area contributed by atoms with Gasteiger partial charge in [-0.3, -0.25) is 0 Å². The average Bonchev–Trinajstić information content (AvgIpc) is 3.22. The number of ether oxygens (including phenoxy) is 2. The highest BCUT2D eigenvalue weighted by atomic mass is 32.1. The number of thiocarbonyl (C=S) groups is 1. The van der Waals surface area contributed by atoms with Crippen molar-refractivity contribution in [1.29, 1.82) is 0 Å². The number of methoxy groups -OCH3 is 2. The Morgan fingerprint density at radius 3 is 2.41 bits per heavy atom. The predicted molar refractivity (Wildman–Crippen MR) is 119 cm³/mol. The first-order chi connectivity index (χ1) is 14.2. The van der Waals surface area contributed by atoms with Gasteiger partial charge in [0.2, 0.25) is 0 Å². The summed E-state index contributed by atoms with van der Waals surface area (Å²) in [6.45, 7) is 1.29. The van der Waals surface area contributed by atoms with Crippen LogP contribution in [0.15, 0.2) is 41.0 Å². The van der Waals surface area contributed by atoms with Gasteiger partial charge in [0.05, 0.1) is 27.0 Å². The van der Waals surface area contributed by atoms with E-state index in [4.69, 9.17) is 26.1 Å². The molecule has 1 fully saturated rings. The van der Waals surface area contributed by atoms with Gasteiger partial charge in [-0.2, -0.15) is 0 Å². The summed E-state index contributed by atoms with van der Waals surface area (Å²) in [6, 6.07) is 10.3. The topological polar surface area (TPSA) is 46.9 Å². The first kappa shape index (κ1) is 21.5. The van der Waals surface area contributed by atoms with Crippen molar-refractivity contribution in [2.75, 3.05) is 14.2 Å². The molecular formula is C23H32N2O3S. The predicted octanol–water partition coefficient (Wildman–Crippen LogP) is 5.29. The molecule has 3 rings (SSSR count). The lowest BCUT2D eigenvalue weighted by atomic mass is 9.97. The lowest BCUT2D eigenvalue weighted by molar-refractivity contribution is 0.335. The Morgan fingerprint density at radius 1 is 1.03 bits per heavy atom. The van der Waals surface area contributed by atoms with E-state index in [-0.39, 0.29) is 0 Å². The van der Waals surface area contributed by atoms with E-state index in [0.717, 1.165) is 27.9 Å². The van der Waals surface area contributed by atoms with E-state index in [1.54, 1.807) is 20.5 Å². The molecule has 0 aliphatic heterocycles. The van der Waals surface area contributed by atoms with Crippen molar-refractivity contribution in [3.8, 4) is 11.5 Å². The van der Waals surface area contributed by atoms with Crippen molar-refractivity contribution in [2.45, 2.75) is 64.1 Å². The Morgan fingerprint density at radius 2 is 1.76 bits per heavy atom. The fourth-order valence-corrected chi connectivity index (χ4v) is 4.15. The van der Waals surface area contributed by atoms with Crippen LogP contribution in [-0.4, -0.2) is 30.3 Å². The molecule has 1 aromatic carbocycles. The van der Waals surface area contributed by atoms with E-state index >= 15 is 0 Å². The molecule has 1 N–H and O–H groups in total. The maximum absolute atomic E-state index is 5.83. The summed E-state index contributed by atoms with van der Waals surface area (Å²) in [4.78, 5) is 2.16. The van der Waals surface area contributed by atoms with Gasteiger partial charge in [0.15, 0.2) is 16.6 Å². The van der Waals surface area contributed by atoms with Crippen molar-refractivity contribution >= 4 is 17.3 Å². The highest BCUT2D eigenvalue weighted by Gasteiger charge is 2.18. The molecule has 1 aliphatic carbocycles. The van der Waals surface area contributed by atoms with Crippen LogP contribution < -0.4 is 14.8 Å². The first-order valence-corrected chi connectivity index (χ1v) is 10.9. The smallest absolute Gasteiger partial charge is 0.169 e. The fourth-order valence-electron chi connectivity index (χ4n) is 3.86. The minimum atomic E-state index is 0.451. The van der Waals surface area contributed by atoms with Crippen molar-refractivity contribution in [1.82, 2.24) is 10.2 Å². The average molecular weight is 417 g/mol. The van der Waals surface area contributed by atoms with E-state index in [0.29, 0.717) is 19.1 Å². The molecule has 1 aromatic heterocycles. The molecule has 158 valence electrons. The molecule has 0 atom stereocenters. The zero-order chi connectivity index (χ0) is 20.5. The molecule has 5 nitrogen and oxygen atoms in total. The minimum Gasteiger partial charge on any atom is -0.493 e. The van der Waals surface area contributed by atoms with Gasteiger partial charge in [-0.15, -0.1) is 0 Å². The van der Waals surface area contributed by atoms with Gasteiger partial charge in [-0.1, -0.05) is 38.2 Å². The largest absolute Gasteiger partial charge is 0.493 e. The van der Waals surface area contributed by atoms with Gasteiger partial charge in [0, 0.05) is 12.6 Å². The maximum Gasteiger partial charge on any atom is 0.169 e.